The zero-order valence-electron chi connectivity index (χ0n) is 17.6. The number of barbiturate groups is 1. The molecule has 1 fully saturated rings. The minimum Gasteiger partial charge on any atom is -0.274 e. The van der Waals surface area contributed by atoms with E-state index in [1.807, 2.05) is 0 Å². The van der Waals surface area contributed by atoms with Crippen molar-refractivity contribution >= 4 is 64.2 Å². The van der Waals surface area contributed by atoms with Gasteiger partial charge in [-0.05, 0) is 35.4 Å². The number of carbonyl (C=O) groups excluding carboxylic acids is 3. The molecule has 0 saturated carbocycles. The van der Waals surface area contributed by atoms with E-state index in [0.717, 1.165) is 0 Å². The summed E-state index contributed by atoms with van der Waals surface area (Å²) < 4.78 is 58.8. The van der Waals surface area contributed by atoms with Gasteiger partial charge in [-0.1, -0.05) is 58.5 Å². The number of alkyl halides is 4. The highest BCUT2D eigenvalue weighted by molar-refractivity contribution is 6.42. The summed E-state index contributed by atoms with van der Waals surface area (Å²) in [5.41, 5.74) is 0.143. The van der Waals surface area contributed by atoms with Gasteiger partial charge in [0.05, 0.1) is 33.2 Å². The largest absolute Gasteiger partial charge is 0.333 e. The number of urea groups is 1. The minimum absolute atomic E-state index is 0.0334. The Balaban J connectivity index is 1.73. The molecule has 0 radical (unpaired) electrons. The molecule has 3 rings (SSSR count). The first-order valence-corrected chi connectivity index (χ1v) is 11.5. The topological polar surface area (TPSA) is 57.7 Å². The summed E-state index contributed by atoms with van der Waals surface area (Å²) in [5.74, 6) is -9.70. The third kappa shape index (κ3) is 7.00. The lowest BCUT2D eigenvalue weighted by Gasteiger charge is -2.36. The number of rotatable bonds is 8. The Morgan fingerprint density at radius 1 is 0.657 bits per heavy atom. The summed E-state index contributed by atoms with van der Waals surface area (Å²) in [4.78, 5) is 37.3. The van der Waals surface area contributed by atoms with Crippen molar-refractivity contribution in [2.75, 3.05) is 13.1 Å². The van der Waals surface area contributed by atoms with Gasteiger partial charge in [0.25, 0.3) is 11.8 Å². The van der Waals surface area contributed by atoms with E-state index in [1.165, 1.54) is 36.4 Å². The molecular formula is C22H16Cl4F4N2O3. The number of nitrogens with zero attached hydrogens (tertiary/aromatic N) is 2. The molecule has 2 aromatic rings. The van der Waals surface area contributed by atoms with Crippen LogP contribution < -0.4 is 0 Å². The first-order valence-electron chi connectivity index (χ1n) is 9.96. The molecule has 0 aliphatic carbocycles. The monoisotopic (exact) mass is 572 g/mol. The molecule has 0 aromatic heterocycles. The molecule has 1 heterocycles. The van der Waals surface area contributed by atoms with Gasteiger partial charge >= 0.3 is 6.03 Å². The number of amides is 4. The highest BCUT2D eigenvalue weighted by Gasteiger charge is 2.46. The Kier molecular flexibility index (Phi) is 8.26. The molecule has 188 valence electrons. The van der Waals surface area contributed by atoms with Crippen molar-refractivity contribution in [1.82, 2.24) is 9.80 Å². The van der Waals surface area contributed by atoms with Crippen molar-refractivity contribution in [3.05, 3.63) is 67.6 Å². The van der Waals surface area contributed by atoms with Crippen LogP contribution in [0.4, 0.5) is 22.4 Å². The highest BCUT2D eigenvalue weighted by Crippen LogP contribution is 2.31. The van der Waals surface area contributed by atoms with Crippen LogP contribution in [0.3, 0.4) is 0 Å². The van der Waals surface area contributed by atoms with E-state index >= 15 is 0 Å². The lowest BCUT2D eigenvalue weighted by molar-refractivity contribution is -0.149. The van der Waals surface area contributed by atoms with Gasteiger partial charge in [-0.3, -0.25) is 19.4 Å². The zero-order valence-corrected chi connectivity index (χ0v) is 20.7. The predicted octanol–water partition coefficient (Wildman–Crippen LogP) is 6.54. The van der Waals surface area contributed by atoms with Gasteiger partial charge in [0.1, 0.15) is 6.42 Å². The van der Waals surface area contributed by atoms with Gasteiger partial charge in [0.15, 0.2) is 0 Å². The SMILES string of the molecule is O=C1CC(=O)N(CC(F)(F)Cc2ccc(Cl)c(Cl)c2)C(=O)N1CC(F)(F)Cc1ccc(Cl)c(Cl)c1. The van der Waals surface area contributed by atoms with Gasteiger partial charge < -0.3 is 0 Å². The average Bonchev–Trinajstić information content (AvgIpc) is 2.73. The van der Waals surface area contributed by atoms with Crippen molar-refractivity contribution in [1.29, 1.82) is 0 Å². The summed E-state index contributed by atoms with van der Waals surface area (Å²) in [6, 6.07) is 6.07. The fourth-order valence-electron chi connectivity index (χ4n) is 3.46. The van der Waals surface area contributed by atoms with Gasteiger partial charge in [-0.15, -0.1) is 0 Å². The molecular weight excluding hydrogens is 558 g/mol. The molecule has 1 aliphatic heterocycles. The van der Waals surface area contributed by atoms with Crippen LogP contribution >= 0.6 is 46.4 Å². The zero-order chi connectivity index (χ0) is 26.1. The fraction of sp³-hybridized carbons (Fsp3) is 0.318. The summed E-state index contributed by atoms with van der Waals surface area (Å²) in [7, 11) is 0. The summed E-state index contributed by atoms with van der Waals surface area (Å²) in [6.07, 6.45) is -2.83. The maximum atomic E-state index is 14.7. The fourth-order valence-corrected chi connectivity index (χ4v) is 4.10. The number of carbonyl (C=O) groups is 3. The lowest BCUT2D eigenvalue weighted by Crippen LogP contribution is -2.60. The number of benzene rings is 2. The molecule has 0 atom stereocenters. The highest BCUT2D eigenvalue weighted by atomic mass is 35.5. The molecule has 0 N–H and O–H groups in total. The quantitative estimate of drug-likeness (QED) is 0.266. The van der Waals surface area contributed by atoms with E-state index in [1.54, 1.807) is 0 Å². The van der Waals surface area contributed by atoms with Crippen molar-refractivity contribution in [2.45, 2.75) is 31.1 Å². The van der Waals surface area contributed by atoms with Gasteiger partial charge in [0.2, 0.25) is 11.8 Å². The van der Waals surface area contributed by atoms with E-state index in [2.05, 4.69) is 0 Å². The molecule has 0 spiro atoms. The summed E-state index contributed by atoms with van der Waals surface area (Å²) >= 11 is 23.2. The molecule has 2 aromatic carbocycles. The second-order valence-electron chi connectivity index (χ2n) is 7.98. The molecule has 4 amide bonds. The van der Waals surface area contributed by atoms with Crippen LogP contribution in [0.15, 0.2) is 36.4 Å². The van der Waals surface area contributed by atoms with Gasteiger partial charge in [-0.2, -0.15) is 0 Å². The molecule has 13 heteroatoms. The molecule has 5 nitrogen and oxygen atoms in total. The van der Waals surface area contributed by atoms with Crippen LogP contribution in [0.5, 0.6) is 0 Å². The first kappa shape index (κ1) is 27.5. The number of imide groups is 2. The third-order valence-corrected chi connectivity index (χ3v) is 6.52. The predicted molar refractivity (Wildman–Crippen MR) is 124 cm³/mol. The smallest absolute Gasteiger partial charge is 0.274 e. The first-order chi connectivity index (χ1) is 16.2. The van der Waals surface area contributed by atoms with E-state index in [-0.39, 0.29) is 41.0 Å². The Bertz CT molecular complexity index is 1090. The second-order valence-corrected chi connectivity index (χ2v) is 9.61. The van der Waals surface area contributed by atoms with Gasteiger partial charge in [0, 0.05) is 12.8 Å². The molecule has 0 bridgehead atoms. The Morgan fingerprint density at radius 2 is 1.03 bits per heavy atom. The van der Waals surface area contributed by atoms with Crippen molar-refractivity contribution in [3.63, 3.8) is 0 Å². The summed E-state index contributed by atoms with van der Waals surface area (Å²) in [5, 5.41) is 0.365. The Morgan fingerprint density at radius 3 is 1.37 bits per heavy atom. The standard InChI is InChI=1S/C22H16Cl4F4N2O3/c23-14-3-1-12(5-16(14)25)8-21(27,28)10-31-18(33)7-19(34)32(20(31)35)11-22(29,30)9-13-2-4-15(24)17(26)6-13/h1-6H,7-11H2. The van der Waals surface area contributed by atoms with Crippen molar-refractivity contribution in [2.24, 2.45) is 0 Å². The Hall–Kier alpha value is -2.07. The number of hydrogen-bond donors (Lipinski definition) is 0. The number of halogens is 8. The number of hydrogen-bond acceptors (Lipinski definition) is 3. The average molecular weight is 574 g/mol. The van der Waals surface area contributed by atoms with Crippen LogP contribution in [0, 0.1) is 0 Å². The van der Waals surface area contributed by atoms with E-state index < -0.39 is 62.0 Å². The van der Waals surface area contributed by atoms with E-state index in [0.29, 0.717) is 0 Å². The van der Waals surface area contributed by atoms with Crippen LogP contribution in [0.25, 0.3) is 0 Å². The van der Waals surface area contributed by atoms with Crippen molar-refractivity contribution in [3.8, 4) is 0 Å². The van der Waals surface area contributed by atoms with E-state index in [9.17, 15) is 31.9 Å². The van der Waals surface area contributed by atoms with Crippen LogP contribution in [0.1, 0.15) is 17.5 Å². The maximum absolute atomic E-state index is 14.7. The van der Waals surface area contributed by atoms with E-state index in [4.69, 9.17) is 46.4 Å². The Labute approximate surface area is 217 Å². The van der Waals surface area contributed by atoms with Crippen LogP contribution in [-0.2, 0) is 22.4 Å². The molecule has 0 unspecified atom stereocenters. The molecule has 35 heavy (non-hydrogen) atoms. The molecule has 1 aliphatic rings. The maximum Gasteiger partial charge on any atom is 0.333 e. The second kappa shape index (κ2) is 10.5. The molecule has 1 saturated heterocycles. The lowest BCUT2D eigenvalue weighted by atomic mass is 10.1. The minimum atomic E-state index is -3.64. The third-order valence-electron chi connectivity index (χ3n) is 5.04. The van der Waals surface area contributed by atoms with Crippen molar-refractivity contribution < 1.29 is 31.9 Å². The van der Waals surface area contributed by atoms with Crippen LogP contribution in [0.2, 0.25) is 20.1 Å². The van der Waals surface area contributed by atoms with Crippen LogP contribution in [-0.4, -0.2) is 52.6 Å². The van der Waals surface area contributed by atoms with Gasteiger partial charge in [-0.25, -0.2) is 22.4 Å². The summed E-state index contributed by atoms with van der Waals surface area (Å²) in [6.45, 7) is -2.82. The normalized spacial score (nSPS) is 15.3.